The molecular formula is C22H31FN4O3. The van der Waals surface area contributed by atoms with Gasteiger partial charge in [-0.25, -0.2) is 4.39 Å². The molecule has 0 radical (unpaired) electrons. The number of benzene rings is 1. The summed E-state index contributed by atoms with van der Waals surface area (Å²) in [6.45, 7) is 7.65. The van der Waals surface area contributed by atoms with Crippen molar-refractivity contribution >= 4 is 17.7 Å². The molecule has 1 aliphatic rings. The molecule has 0 unspecified atom stereocenters. The van der Waals surface area contributed by atoms with E-state index in [-0.39, 0.29) is 30.1 Å². The molecule has 1 aliphatic heterocycles. The van der Waals surface area contributed by atoms with Crippen molar-refractivity contribution in [3.63, 3.8) is 0 Å². The molecule has 0 spiro atoms. The van der Waals surface area contributed by atoms with Gasteiger partial charge in [0.2, 0.25) is 17.7 Å². The number of carbonyl (C=O) groups is 3. The fourth-order valence-electron chi connectivity index (χ4n) is 3.00. The van der Waals surface area contributed by atoms with Gasteiger partial charge in [0.1, 0.15) is 18.4 Å². The molecule has 164 valence electrons. The Bertz CT molecular complexity index is 802. The Kier molecular flexibility index (Phi) is 7.72. The van der Waals surface area contributed by atoms with E-state index in [2.05, 4.69) is 10.6 Å². The van der Waals surface area contributed by atoms with Crippen molar-refractivity contribution in [2.45, 2.75) is 46.2 Å². The highest BCUT2D eigenvalue weighted by Crippen LogP contribution is 2.22. The largest absolute Gasteiger partial charge is 0.342 e. The van der Waals surface area contributed by atoms with Gasteiger partial charge in [-0.3, -0.25) is 14.4 Å². The molecule has 1 heterocycles. The number of rotatable bonds is 7. The summed E-state index contributed by atoms with van der Waals surface area (Å²) in [6, 6.07) is 4.93. The SMILES string of the molecule is CN[C@@H](C)C(=O)N[C@H](C(=O)N1C=CN(CCc2ccc(F)cc2)C(=O)C1)C(C)(C)C. The first-order chi connectivity index (χ1) is 14.0. The maximum absolute atomic E-state index is 13.1. The number of amides is 3. The molecule has 1 aromatic rings. The van der Waals surface area contributed by atoms with Crippen LogP contribution in [0.1, 0.15) is 33.3 Å². The minimum Gasteiger partial charge on any atom is -0.342 e. The average molecular weight is 419 g/mol. The minimum absolute atomic E-state index is 0.0945. The monoisotopic (exact) mass is 418 g/mol. The molecule has 0 fully saturated rings. The number of hydrogen-bond acceptors (Lipinski definition) is 4. The van der Waals surface area contributed by atoms with Crippen molar-refractivity contribution in [3.05, 3.63) is 48.0 Å². The topological polar surface area (TPSA) is 81.8 Å². The number of likely N-dealkylation sites (N-methyl/N-ethyl adjacent to an activating group) is 1. The van der Waals surface area contributed by atoms with Crippen molar-refractivity contribution in [2.75, 3.05) is 20.1 Å². The molecule has 2 rings (SSSR count). The Morgan fingerprint density at radius 2 is 1.80 bits per heavy atom. The van der Waals surface area contributed by atoms with E-state index in [0.717, 1.165) is 5.56 Å². The highest BCUT2D eigenvalue weighted by molar-refractivity contribution is 5.93. The molecule has 0 saturated heterocycles. The summed E-state index contributed by atoms with van der Waals surface area (Å²) in [5.74, 6) is -1.12. The minimum atomic E-state index is -0.774. The number of hydrogen-bond donors (Lipinski definition) is 2. The third-order valence-corrected chi connectivity index (χ3v) is 5.12. The fraction of sp³-hybridized carbons (Fsp3) is 0.500. The Morgan fingerprint density at radius 1 is 1.17 bits per heavy atom. The van der Waals surface area contributed by atoms with Crippen molar-refractivity contribution in [1.82, 2.24) is 20.4 Å². The van der Waals surface area contributed by atoms with Gasteiger partial charge in [-0.1, -0.05) is 32.9 Å². The van der Waals surface area contributed by atoms with Crippen LogP contribution in [-0.4, -0.2) is 59.7 Å². The summed E-state index contributed by atoms with van der Waals surface area (Å²) in [5, 5.41) is 5.65. The van der Waals surface area contributed by atoms with E-state index in [0.29, 0.717) is 13.0 Å². The molecule has 3 amide bonds. The van der Waals surface area contributed by atoms with Gasteiger partial charge in [0.05, 0.1) is 6.04 Å². The van der Waals surface area contributed by atoms with Crippen molar-refractivity contribution in [3.8, 4) is 0 Å². The zero-order chi connectivity index (χ0) is 22.5. The van der Waals surface area contributed by atoms with Gasteiger partial charge in [-0.15, -0.1) is 0 Å². The van der Waals surface area contributed by atoms with Crippen LogP contribution < -0.4 is 10.6 Å². The zero-order valence-corrected chi connectivity index (χ0v) is 18.2. The number of halogens is 1. The lowest BCUT2D eigenvalue weighted by molar-refractivity contribution is -0.142. The van der Waals surface area contributed by atoms with Crippen LogP contribution in [0.5, 0.6) is 0 Å². The molecule has 0 aromatic heterocycles. The lowest BCUT2D eigenvalue weighted by Gasteiger charge is -2.36. The van der Waals surface area contributed by atoms with Crippen LogP contribution >= 0.6 is 0 Å². The zero-order valence-electron chi connectivity index (χ0n) is 18.2. The predicted octanol–water partition coefficient (Wildman–Crippen LogP) is 1.65. The number of nitrogens with one attached hydrogen (secondary N) is 2. The van der Waals surface area contributed by atoms with E-state index >= 15 is 0 Å². The van der Waals surface area contributed by atoms with Crippen molar-refractivity contribution in [1.29, 1.82) is 0 Å². The van der Waals surface area contributed by atoms with Crippen LogP contribution in [0.3, 0.4) is 0 Å². The number of carbonyl (C=O) groups excluding carboxylic acids is 3. The number of nitrogens with zero attached hydrogens (tertiary/aromatic N) is 2. The van der Waals surface area contributed by atoms with Gasteiger partial charge in [-0.05, 0) is 43.5 Å². The highest BCUT2D eigenvalue weighted by atomic mass is 19.1. The van der Waals surface area contributed by atoms with E-state index < -0.39 is 17.5 Å². The van der Waals surface area contributed by atoms with Crippen LogP contribution in [0.4, 0.5) is 4.39 Å². The lowest BCUT2D eigenvalue weighted by Crippen LogP contribution is -2.58. The standard InChI is InChI=1S/C22H31FN4O3/c1-15(24-5)20(29)25-19(22(2,3)4)21(30)27-13-12-26(18(28)14-27)11-10-16-6-8-17(23)9-7-16/h6-9,12-13,15,19,24H,10-11,14H2,1-5H3,(H,25,29)/t15-,19+/m0/s1. The van der Waals surface area contributed by atoms with Gasteiger partial charge in [0.25, 0.3) is 0 Å². The van der Waals surface area contributed by atoms with Crippen LogP contribution in [0, 0.1) is 11.2 Å². The third-order valence-electron chi connectivity index (χ3n) is 5.12. The van der Waals surface area contributed by atoms with Gasteiger partial charge in [0, 0.05) is 18.9 Å². The molecular weight excluding hydrogens is 387 g/mol. The second-order valence-corrected chi connectivity index (χ2v) is 8.55. The van der Waals surface area contributed by atoms with Gasteiger partial charge in [-0.2, -0.15) is 0 Å². The molecule has 2 N–H and O–H groups in total. The van der Waals surface area contributed by atoms with E-state index in [9.17, 15) is 18.8 Å². The molecule has 0 bridgehead atoms. The van der Waals surface area contributed by atoms with Crippen molar-refractivity contribution in [2.24, 2.45) is 5.41 Å². The maximum atomic E-state index is 13.1. The highest BCUT2D eigenvalue weighted by Gasteiger charge is 2.37. The van der Waals surface area contributed by atoms with Crippen molar-refractivity contribution < 1.29 is 18.8 Å². The molecule has 2 atom stereocenters. The Morgan fingerprint density at radius 3 is 2.33 bits per heavy atom. The molecule has 0 aliphatic carbocycles. The second-order valence-electron chi connectivity index (χ2n) is 8.55. The Labute approximate surface area is 177 Å². The summed E-state index contributed by atoms with van der Waals surface area (Å²) < 4.78 is 13.0. The third kappa shape index (κ3) is 6.13. The van der Waals surface area contributed by atoms with Gasteiger partial charge in [0.15, 0.2) is 0 Å². The Hall–Kier alpha value is -2.74. The Balaban J connectivity index is 2.04. The normalized spacial score (nSPS) is 16.4. The van der Waals surface area contributed by atoms with E-state index in [1.807, 2.05) is 20.8 Å². The van der Waals surface area contributed by atoms with Crippen LogP contribution in [0.25, 0.3) is 0 Å². The van der Waals surface area contributed by atoms with E-state index in [1.165, 1.54) is 17.0 Å². The fourth-order valence-corrected chi connectivity index (χ4v) is 3.00. The van der Waals surface area contributed by atoms with Crippen LogP contribution in [0.15, 0.2) is 36.7 Å². The summed E-state index contributed by atoms with van der Waals surface area (Å²) in [4.78, 5) is 40.8. The van der Waals surface area contributed by atoms with Crippen LogP contribution in [-0.2, 0) is 20.8 Å². The first-order valence-electron chi connectivity index (χ1n) is 10.0. The molecule has 8 heteroatoms. The average Bonchev–Trinajstić information content (AvgIpc) is 2.70. The van der Waals surface area contributed by atoms with E-state index in [4.69, 9.17) is 0 Å². The first-order valence-corrected chi connectivity index (χ1v) is 10.0. The summed E-state index contributed by atoms with van der Waals surface area (Å²) >= 11 is 0. The molecule has 0 saturated carbocycles. The molecule has 30 heavy (non-hydrogen) atoms. The predicted molar refractivity (Wildman–Crippen MR) is 113 cm³/mol. The lowest BCUT2D eigenvalue weighted by atomic mass is 9.85. The maximum Gasteiger partial charge on any atom is 0.250 e. The van der Waals surface area contributed by atoms with E-state index in [1.54, 1.807) is 43.4 Å². The molecule has 1 aromatic carbocycles. The summed E-state index contributed by atoms with van der Waals surface area (Å²) in [5.41, 5.74) is 0.391. The van der Waals surface area contributed by atoms with Gasteiger partial charge >= 0.3 is 0 Å². The first kappa shape index (κ1) is 23.5. The summed E-state index contributed by atoms with van der Waals surface area (Å²) in [7, 11) is 1.67. The molecule has 7 nitrogen and oxygen atoms in total. The van der Waals surface area contributed by atoms with Gasteiger partial charge < -0.3 is 20.4 Å². The quantitative estimate of drug-likeness (QED) is 0.706. The van der Waals surface area contributed by atoms with Crippen LogP contribution in [0.2, 0.25) is 0 Å². The summed E-state index contributed by atoms with van der Waals surface area (Å²) in [6.07, 6.45) is 3.72. The second kappa shape index (κ2) is 9.84. The smallest absolute Gasteiger partial charge is 0.250 e.